The quantitative estimate of drug-likeness (QED) is 0.704. The first-order chi connectivity index (χ1) is 8.20. The van der Waals surface area contributed by atoms with Gasteiger partial charge in [0.15, 0.2) is 11.6 Å². The molecule has 0 atom stereocenters. The Morgan fingerprint density at radius 3 is 2.76 bits per heavy atom. The average Bonchev–Trinajstić information content (AvgIpc) is 2.25. The summed E-state index contributed by atoms with van der Waals surface area (Å²) in [5.74, 6) is 0.747. The number of ether oxygens (including phenoxy) is 1. The summed E-state index contributed by atoms with van der Waals surface area (Å²) in [4.78, 5) is 0. The molecule has 0 saturated heterocycles. The normalized spacial score (nSPS) is 24.3. The first-order valence-corrected chi connectivity index (χ1v) is 6.28. The summed E-state index contributed by atoms with van der Waals surface area (Å²) in [6, 6.07) is 6.61. The molecule has 0 N–H and O–H groups in total. The fourth-order valence-corrected chi connectivity index (χ4v) is 2.24. The van der Waals surface area contributed by atoms with Crippen molar-refractivity contribution in [3.8, 4) is 5.75 Å². The van der Waals surface area contributed by atoms with Gasteiger partial charge in [0.2, 0.25) is 0 Å². The molecule has 2 rings (SSSR count). The molecule has 92 valence electrons. The Labute approximate surface area is 102 Å². The highest BCUT2D eigenvalue weighted by molar-refractivity contribution is 5.24. The molecule has 0 unspecified atom stereocenters. The molecule has 0 spiro atoms. The predicted octanol–water partition coefficient (Wildman–Crippen LogP) is 4.34. The van der Waals surface area contributed by atoms with Crippen LogP contribution in [0.1, 0.15) is 33.1 Å². The number of allylic oxidation sites excluding steroid dienone is 2. The highest BCUT2D eigenvalue weighted by atomic mass is 19.1. The van der Waals surface area contributed by atoms with E-state index in [9.17, 15) is 4.39 Å². The molecule has 1 nitrogen and oxygen atoms in total. The Hall–Kier alpha value is -1.31. The van der Waals surface area contributed by atoms with Crippen LogP contribution in [0.2, 0.25) is 0 Å². The highest BCUT2D eigenvalue weighted by Crippen LogP contribution is 2.36. The van der Waals surface area contributed by atoms with Gasteiger partial charge in [0.05, 0.1) is 0 Å². The van der Waals surface area contributed by atoms with Gasteiger partial charge in [0.25, 0.3) is 0 Å². The van der Waals surface area contributed by atoms with Crippen LogP contribution in [0.15, 0.2) is 35.9 Å². The first-order valence-electron chi connectivity index (χ1n) is 6.28. The van der Waals surface area contributed by atoms with E-state index in [0.717, 1.165) is 19.3 Å². The van der Waals surface area contributed by atoms with Crippen molar-refractivity contribution in [1.82, 2.24) is 0 Å². The lowest BCUT2D eigenvalue weighted by molar-refractivity contribution is 0.0771. The van der Waals surface area contributed by atoms with Crippen molar-refractivity contribution in [3.05, 3.63) is 41.7 Å². The van der Waals surface area contributed by atoms with E-state index in [0.29, 0.717) is 11.7 Å². The third kappa shape index (κ3) is 2.87. The van der Waals surface area contributed by atoms with Gasteiger partial charge in [-0.25, -0.2) is 4.39 Å². The van der Waals surface area contributed by atoms with Gasteiger partial charge in [0, 0.05) is 0 Å². The standard InChI is InChI=1S/C15H19FO/c1-3-6-11(2)12-9-13(10-12)17-15-8-5-4-7-14(15)16/h4-8,12-13H,3,9-10H2,1-2H3/b11-6-. The summed E-state index contributed by atoms with van der Waals surface area (Å²) < 4.78 is 19.0. The van der Waals surface area contributed by atoms with Crippen LogP contribution in [0.25, 0.3) is 0 Å². The summed E-state index contributed by atoms with van der Waals surface area (Å²) in [6.07, 6.45) is 5.55. The monoisotopic (exact) mass is 234 g/mol. The molecule has 1 aromatic carbocycles. The number of benzene rings is 1. The van der Waals surface area contributed by atoms with Crippen molar-refractivity contribution in [2.24, 2.45) is 5.92 Å². The SMILES string of the molecule is CC/C=C(/C)C1CC(Oc2ccccc2F)C1. The molecule has 1 saturated carbocycles. The Balaban J connectivity index is 1.85. The summed E-state index contributed by atoms with van der Waals surface area (Å²) in [7, 11) is 0. The lowest BCUT2D eigenvalue weighted by atomic mass is 9.77. The molecule has 0 bridgehead atoms. The minimum Gasteiger partial charge on any atom is -0.487 e. The van der Waals surface area contributed by atoms with Crippen LogP contribution in [-0.4, -0.2) is 6.10 Å². The van der Waals surface area contributed by atoms with Gasteiger partial charge in [-0.2, -0.15) is 0 Å². The van der Waals surface area contributed by atoms with Crippen LogP contribution in [0.4, 0.5) is 4.39 Å². The van der Waals surface area contributed by atoms with Gasteiger partial charge >= 0.3 is 0 Å². The molecule has 0 amide bonds. The predicted molar refractivity (Wildman–Crippen MR) is 67.6 cm³/mol. The van der Waals surface area contributed by atoms with Gasteiger partial charge in [0.1, 0.15) is 6.10 Å². The van der Waals surface area contributed by atoms with Crippen LogP contribution in [0.5, 0.6) is 5.75 Å². The molecule has 0 heterocycles. The lowest BCUT2D eigenvalue weighted by Gasteiger charge is -2.36. The number of halogens is 1. The molecule has 0 aromatic heterocycles. The highest BCUT2D eigenvalue weighted by Gasteiger charge is 2.32. The van der Waals surface area contributed by atoms with Crippen LogP contribution in [-0.2, 0) is 0 Å². The number of para-hydroxylation sites is 1. The van der Waals surface area contributed by atoms with E-state index < -0.39 is 0 Å². The minimum atomic E-state index is -0.267. The van der Waals surface area contributed by atoms with Crippen LogP contribution < -0.4 is 4.74 Å². The van der Waals surface area contributed by atoms with Crippen molar-refractivity contribution < 1.29 is 9.13 Å². The Morgan fingerprint density at radius 1 is 1.41 bits per heavy atom. The zero-order chi connectivity index (χ0) is 12.3. The number of hydrogen-bond donors (Lipinski definition) is 0. The van der Waals surface area contributed by atoms with E-state index in [4.69, 9.17) is 4.74 Å². The third-order valence-electron chi connectivity index (χ3n) is 3.40. The Kier molecular flexibility index (Phi) is 3.82. The molecule has 17 heavy (non-hydrogen) atoms. The molecule has 1 fully saturated rings. The van der Waals surface area contributed by atoms with Crippen LogP contribution in [0, 0.1) is 11.7 Å². The second-order valence-corrected chi connectivity index (χ2v) is 4.69. The fourth-order valence-electron chi connectivity index (χ4n) is 2.24. The zero-order valence-electron chi connectivity index (χ0n) is 10.4. The smallest absolute Gasteiger partial charge is 0.165 e. The molecule has 1 aliphatic carbocycles. The van der Waals surface area contributed by atoms with E-state index in [-0.39, 0.29) is 11.9 Å². The van der Waals surface area contributed by atoms with E-state index >= 15 is 0 Å². The largest absolute Gasteiger partial charge is 0.487 e. The molecule has 1 aromatic rings. The molecule has 1 aliphatic rings. The van der Waals surface area contributed by atoms with E-state index in [1.54, 1.807) is 18.2 Å². The topological polar surface area (TPSA) is 9.23 Å². The minimum absolute atomic E-state index is 0.178. The van der Waals surface area contributed by atoms with Gasteiger partial charge in [-0.15, -0.1) is 0 Å². The van der Waals surface area contributed by atoms with Gasteiger partial charge < -0.3 is 4.74 Å². The number of rotatable bonds is 4. The lowest BCUT2D eigenvalue weighted by Crippen LogP contribution is -2.34. The van der Waals surface area contributed by atoms with E-state index in [1.165, 1.54) is 11.6 Å². The van der Waals surface area contributed by atoms with Crippen molar-refractivity contribution in [3.63, 3.8) is 0 Å². The molecule has 2 heteroatoms. The van der Waals surface area contributed by atoms with Gasteiger partial charge in [-0.1, -0.05) is 30.7 Å². The number of hydrogen-bond acceptors (Lipinski definition) is 1. The summed E-state index contributed by atoms with van der Waals surface area (Å²) in [5, 5.41) is 0. The van der Waals surface area contributed by atoms with Crippen LogP contribution >= 0.6 is 0 Å². The summed E-state index contributed by atoms with van der Waals surface area (Å²) in [5.41, 5.74) is 1.45. The molecule has 0 radical (unpaired) electrons. The van der Waals surface area contributed by atoms with E-state index in [1.807, 2.05) is 0 Å². The summed E-state index contributed by atoms with van der Waals surface area (Å²) >= 11 is 0. The maximum absolute atomic E-state index is 13.4. The van der Waals surface area contributed by atoms with Crippen molar-refractivity contribution in [2.45, 2.75) is 39.2 Å². The average molecular weight is 234 g/mol. The second-order valence-electron chi connectivity index (χ2n) is 4.69. The van der Waals surface area contributed by atoms with Gasteiger partial charge in [-0.05, 0) is 44.2 Å². The van der Waals surface area contributed by atoms with E-state index in [2.05, 4.69) is 19.9 Å². The van der Waals surface area contributed by atoms with Crippen LogP contribution in [0.3, 0.4) is 0 Å². The van der Waals surface area contributed by atoms with Crippen molar-refractivity contribution >= 4 is 0 Å². The molecular weight excluding hydrogens is 215 g/mol. The Morgan fingerprint density at radius 2 is 2.12 bits per heavy atom. The first kappa shape index (κ1) is 12.2. The Bertz CT molecular complexity index is 405. The fraction of sp³-hybridized carbons (Fsp3) is 0.467. The molecule has 0 aliphatic heterocycles. The zero-order valence-corrected chi connectivity index (χ0v) is 10.4. The maximum Gasteiger partial charge on any atom is 0.165 e. The van der Waals surface area contributed by atoms with Crippen molar-refractivity contribution in [2.75, 3.05) is 0 Å². The molecular formula is C15H19FO. The third-order valence-corrected chi connectivity index (χ3v) is 3.40. The summed E-state index contributed by atoms with van der Waals surface area (Å²) in [6.45, 7) is 4.32. The van der Waals surface area contributed by atoms with Crippen molar-refractivity contribution in [1.29, 1.82) is 0 Å². The second kappa shape index (κ2) is 5.35. The maximum atomic E-state index is 13.4. The van der Waals surface area contributed by atoms with Gasteiger partial charge in [-0.3, -0.25) is 0 Å².